The fraction of sp³-hybridized carbons (Fsp3) is 0.292. The van der Waals surface area contributed by atoms with Crippen molar-refractivity contribution in [3.8, 4) is 10.4 Å². The second-order valence-corrected chi connectivity index (χ2v) is 8.99. The van der Waals surface area contributed by atoms with Gasteiger partial charge in [0.2, 0.25) is 0 Å². The highest BCUT2D eigenvalue weighted by Crippen LogP contribution is 2.29. The predicted molar refractivity (Wildman–Crippen MR) is 127 cm³/mol. The van der Waals surface area contributed by atoms with Crippen molar-refractivity contribution in [3.05, 3.63) is 60.4 Å². The van der Waals surface area contributed by atoms with E-state index in [1.807, 2.05) is 24.4 Å². The molecule has 4 aromatic rings. The van der Waals surface area contributed by atoms with Gasteiger partial charge in [-0.05, 0) is 54.0 Å². The van der Waals surface area contributed by atoms with Gasteiger partial charge in [0.25, 0.3) is 0 Å². The van der Waals surface area contributed by atoms with Gasteiger partial charge < -0.3 is 15.2 Å². The highest BCUT2D eigenvalue weighted by molar-refractivity contribution is 7.13. The summed E-state index contributed by atoms with van der Waals surface area (Å²) in [7, 11) is 0. The molecule has 0 amide bonds. The van der Waals surface area contributed by atoms with Gasteiger partial charge in [-0.25, -0.2) is 9.97 Å². The van der Waals surface area contributed by atoms with Gasteiger partial charge in [0, 0.05) is 36.3 Å². The molecule has 0 bridgehead atoms. The molecule has 1 atom stereocenters. The Balaban J connectivity index is 1.18. The molecule has 158 valence electrons. The average molecular weight is 432 g/mol. The van der Waals surface area contributed by atoms with Crippen LogP contribution >= 0.6 is 11.3 Å². The van der Waals surface area contributed by atoms with Crippen LogP contribution in [-0.2, 0) is 4.79 Å². The Morgan fingerprint density at radius 3 is 3.10 bits per heavy atom. The molecule has 0 radical (unpaired) electrons. The highest BCUT2D eigenvalue weighted by atomic mass is 32.1. The summed E-state index contributed by atoms with van der Waals surface area (Å²) in [6.07, 6.45) is 6.25. The van der Waals surface area contributed by atoms with Crippen LogP contribution < -0.4 is 10.2 Å². The number of benzene rings is 1. The first-order chi connectivity index (χ1) is 15.3. The summed E-state index contributed by atoms with van der Waals surface area (Å²) in [5.41, 5.74) is 3.02. The fourth-order valence-corrected chi connectivity index (χ4v) is 5.08. The van der Waals surface area contributed by atoms with Crippen LogP contribution in [0.15, 0.2) is 60.4 Å². The number of aromatic nitrogens is 3. The van der Waals surface area contributed by atoms with Crippen molar-refractivity contribution >= 4 is 39.7 Å². The van der Waals surface area contributed by atoms with Crippen molar-refractivity contribution in [2.45, 2.75) is 19.3 Å². The third kappa shape index (κ3) is 4.46. The van der Waals surface area contributed by atoms with E-state index in [4.69, 9.17) is 0 Å². The van der Waals surface area contributed by atoms with Gasteiger partial charge in [-0.2, -0.15) is 0 Å². The molecule has 31 heavy (non-hydrogen) atoms. The van der Waals surface area contributed by atoms with Crippen molar-refractivity contribution in [3.63, 3.8) is 0 Å². The Morgan fingerprint density at radius 1 is 1.23 bits per heavy atom. The summed E-state index contributed by atoms with van der Waals surface area (Å²) in [4.78, 5) is 28.2. The van der Waals surface area contributed by atoms with Crippen LogP contribution in [0.25, 0.3) is 21.5 Å². The number of hydrogen-bond donors (Lipinski definition) is 2. The predicted octanol–water partition coefficient (Wildman–Crippen LogP) is 4.97. The standard InChI is InChI=1S/C24H25N5OS/c30-20(14-26-19-6-1-5-18(13-19)22-7-3-11-31-22)12-17-4-2-10-29(15-17)24-21-8-9-25-23(21)27-16-28-24/h1,3,5-9,11,13,16-17,26H,2,4,10,12,14-15H2,(H,25,27,28)/t17-/m0/s1. The van der Waals surface area contributed by atoms with Crippen molar-refractivity contribution in [2.24, 2.45) is 5.92 Å². The SMILES string of the molecule is O=C(CNc1cccc(-c2cccs2)c1)C[C@@H]1CCCN(c2ncnc3[nH]ccc23)C1. The number of ketones is 1. The number of rotatable bonds is 7. The number of fused-ring (bicyclic) bond motifs is 1. The molecule has 7 heteroatoms. The topological polar surface area (TPSA) is 73.9 Å². The molecular formula is C24H25N5OS. The molecule has 1 saturated heterocycles. The van der Waals surface area contributed by atoms with Gasteiger partial charge >= 0.3 is 0 Å². The molecule has 5 rings (SSSR count). The number of carbonyl (C=O) groups excluding carboxylic acids is 1. The molecule has 1 aromatic carbocycles. The monoisotopic (exact) mass is 431 g/mol. The summed E-state index contributed by atoms with van der Waals surface area (Å²) >= 11 is 1.72. The first-order valence-corrected chi connectivity index (χ1v) is 11.6. The van der Waals surface area contributed by atoms with E-state index in [1.54, 1.807) is 17.7 Å². The van der Waals surface area contributed by atoms with Gasteiger partial charge in [0.05, 0.1) is 11.9 Å². The number of Topliss-reactive ketones (excluding diaryl/α,β-unsaturated/α-hetero) is 1. The number of carbonyl (C=O) groups is 1. The van der Waals surface area contributed by atoms with E-state index in [2.05, 4.69) is 54.8 Å². The van der Waals surface area contributed by atoms with Crippen molar-refractivity contribution in [1.29, 1.82) is 0 Å². The summed E-state index contributed by atoms with van der Waals surface area (Å²) in [5.74, 6) is 1.57. The summed E-state index contributed by atoms with van der Waals surface area (Å²) in [5, 5.41) is 6.44. The Kier molecular flexibility index (Phi) is 5.67. The average Bonchev–Trinajstić information content (AvgIpc) is 3.50. The van der Waals surface area contributed by atoms with Crippen LogP contribution in [0, 0.1) is 5.92 Å². The van der Waals surface area contributed by atoms with E-state index in [0.29, 0.717) is 18.9 Å². The molecule has 1 aliphatic heterocycles. The number of H-pyrrole nitrogens is 1. The largest absolute Gasteiger partial charge is 0.378 e. The third-order valence-corrected chi connectivity index (χ3v) is 6.74. The van der Waals surface area contributed by atoms with E-state index in [-0.39, 0.29) is 5.78 Å². The van der Waals surface area contributed by atoms with Crippen molar-refractivity contribution in [2.75, 3.05) is 29.9 Å². The van der Waals surface area contributed by atoms with Crippen LogP contribution in [0.5, 0.6) is 0 Å². The Labute approximate surface area is 185 Å². The summed E-state index contributed by atoms with van der Waals surface area (Å²) in [6, 6.07) is 14.5. The van der Waals surface area contributed by atoms with Gasteiger partial charge in [-0.3, -0.25) is 4.79 Å². The van der Waals surface area contributed by atoms with Gasteiger partial charge in [-0.15, -0.1) is 11.3 Å². The lowest BCUT2D eigenvalue weighted by molar-refractivity contribution is -0.118. The first kappa shape index (κ1) is 19.8. The summed E-state index contributed by atoms with van der Waals surface area (Å²) in [6.45, 7) is 2.19. The Bertz CT molecular complexity index is 1170. The first-order valence-electron chi connectivity index (χ1n) is 10.7. The number of nitrogens with zero attached hydrogens (tertiary/aromatic N) is 3. The molecular weight excluding hydrogens is 406 g/mol. The maximum atomic E-state index is 12.7. The molecule has 0 saturated carbocycles. The quantitative estimate of drug-likeness (QED) is 0.432. The fourth-order valence-electron chi connectivity index (χ4n) is 4.35. The zero-order valence-corrected chi connectivity index (χ0v) is 18.1. The third-order valence-electron chi connectivity index (χ3n) is 5.83. The number of aromatic amines is 1. The Hall–Kier alpha value is -3.19. The molecule has 0 unspecified atom stereocenters. The minimum Gasteiger partial charge on any atom is -0.378 e. The molecule has 1 fully saturated rings. The number of thiophene rings is 1. The molecule has 0 aliphatic carbocycles. The van der Waals surface area contributed by atoms with E-state index < -0.39 is 0 Å². The maximum Gasteiger partial charge on any atom is 0.152 e. The minimum absolute atomic E-state index is 0.253. The van der Waals surface area contributed by atoms with Crippen LogP contribution in [0.3, 0.4) is 0 Å². The molecule has 4 heterocycles. The van der Waals surface area contributed by atoms with E-state index in [9.17, 15) is 4.79 Å². The van der Waals surface area contributed by atoms with Gasteiger partial charge in [0.15, 0.2) is 5.78 Å². The molecule has 3 aromatic heterocycles. The van der Waals surface area contributed by atoms with Crippen molar-refractivity contribution in [1.82, 2.24) is 15.0 Å². The normalized spacial score (nSPS) is 16.5. The lowest BCUT2D eigenvalue weighted by Gasteiger charge is -2.33. The number of piperidine rings is 1. The second-order valence-electron chi connectivity index (χ2n) is 8.05. The van der Waals surface area contributed by atoms with Gasteiger partial charge in [-0.1, -0.05) is 18.2 Å². The molecule has 2 N–H and O–H groups in total. The van der Waals surface area contributed by atoms with Crippen molar-refractivity contribution < 1.29 is 4.79 Å². The second kappa shape index (κ2) is 8.89. The number of hydrogen-bond acceptors (Lipinski definition) is 6. The number of anilines is 2. The van der Waals surface area contributed by atoms with Crippen LogP contribution in [-0.4, -0.2) is 40.4 Å². The lowest BCUT2D eigenvalue weighted by atomic mass is 9.92. The molecule has 6 nitrogen and oxygen atoms in total. The lowest BCUT2D eigenvalue weighted by Crippen LogP contribution is -2.37. The smallest absolute Gasteiger partial charge is 0.152 e. The zero-order chi connectivity index (χ0) is 21.0. The zero-order valence-electron chi connectivity index (χ0n) is 17.3. The summed E-state index contributed by atoms with van der Waals surface area (Å²) < 4.78 is 0. The number of nitrogens with one attached hydrogen (secondary N) is 2. The Morgan fingerprint density at radius 2 is 2.19 bits per heavy atom. The van der Waals surface area contributed by atoms with E-state index >= 15 is 0 Å². The van der Waals surface area contributed by atoms with Crippen LogP contribution in [0.1, 0.15) is 19.3 Å². The van der Waals surface area contributed by atoms with Crippen LogP contribution in [0.4, 0.5) is 11.5 Å². The van der Waals surface area contributed by atoms with Gasteiger partial charge in [0.1, 0.15) is 17.8 Å². The maximum absolute atomic E-state index is 12.7. The van der Waals surface area contributed by atoms with Crippen LogP contribution in [0.2, 0.25) is 0 Å². The van der Waals surface area contributed by atoms with E-state index in [0.717, 1.165) is 48.5 Å². The van der Waals surface area contributed by atoms with E-state index in [1.165, 1.54) is 10.4 Å². The molecule has 0 spiro atoms. The highest BCUT2D eigenvalue weighted by Gasteiger charge is 2.24. The molecule has 1 aliphatic rings. The minimum atomic E-state index is 0.253.